The van der Waals surface area contributed by atoms with Gasteiger partial charge in [0.1, 0.15) is 5.75 Å². The van der Waals surface area contributed by atoms with Crippen molar-refractivity contribution in [1.82, 2.24) is 0 Å². The molecule has 1 aromatic carbocycles. The van der Waals surface area contributed by atoms with Gasteiger partial charge in [-0.3, -0.25) is 0 Å². The van der Waals surface area contributed by atoms with Crippen LogP contribution in [-0.4, -0.2) is 18.3 Å². The van der Waals surface area contributed by atoms with Gasteiger partial charge >= 0.3 is 0 Å². The molecule has 1 aliphatic rings. The maximum atomic E-state index is 8.74. The van der Waals surface area contributed by atoms with Crippen LogP contribution in [-0.2, 0) is 0 Å². The zero-order valence-corrected chi connectivity index (χ0v) is 14.8. The molecule has 2 heteroatoms. The molecule has 0 aromatic heterocycles. The van der Waals surface area contributed by atoms with E-state index in [2.05, 4.69) is 31.2 Å². The molecule has 1 fully saturated rings. The van der Waals surface area contributed by atoms with Crippen molar-refractivity contribution in [3.63, 3.8) is 0 Å². The highest BCUT2D eigenvalue weighted by molar-refractivity contribution is 5.29. The summed E-state index contributed by atoms with van der Waals surface area (Å²) >= 11 is 0. The van der Waals surface area contributed by atoms with Crippen LogP contribution in [0.1, 0.15) is 82.6 Å². The summed E-state index contributed by atoms with van der Waals surface area (Å²) in [6, 6.07) is 8.82. The molecule has 2 nitrogen and oxygen atoms in total. The smallest absolute Gasteiger partial charge is 0.119 e. The minimum absolute atomic E-state index is 0.308. The van der Waals surface area contributed by atoms with E-state index in [9.17, 15) is 0 Å². The Labute approximate surface area is 142 Å². The average molecular weight is 319 g/mol. The SMILES string of the molecule is CCCC1CCC(c2ccc(OCCCCCCO)cc2)CC1. The van der Waals surface area contributed by atoms with Gasteiger partial charge in [-0.2, -0.15) is 0 Å². The van der Waals surface area contributed by atoms with Gasteiger partial charge in [0.25, 0.3) is 0 Å². The van der Waals surface area contributed by atoms with Gasteiger partial charge in [0, 0.05) is 6.61 Å². The molecular weight excluding hydrogens is 284 g/mol. The standard InChI is InChI=1S/C21H34O2/c1-2-7-18-8-10-19(11-9-18)20-12-14-21(15-13-20)23-17-6-4-3-5-16-22/h12-15,18-19,22H,2-11,16-17H2,1H3. The van der Waals surface area contributed by atoms with Gasteiger partial charge in [-0.05, 0) is 74.5 Å². The lowest BCUT2D eigenvalue weighted by molar-refractivity contribution is 0.273. The molecule has 1 saturated carbocycles. The highest BCUT2D eigenvalue weighted by Crippen LogP contribution is 2.37. The maximum absolute atomic E-state index is 8.74. The Morgan fingerprint density at radius 3 is 2.30 bits per heavy atom. The van der Waals surface area contributed by atoms with E-state index in [0.29, 0.717) is 6.61 Å². The Hall–Kier alpha value is -1.02. The van der Waals surface area contributed by atoms with Crippen molar-refractivity contribution in [2.45, 2.75) is 77.0 Å². The third kappa shape index (κ3) is 6.55. The second-order valence-electron chi connectivity index (χ2n) is 7.06. The summed E-state index contributed by atoms with van der Waals surface area (Å²) in [5.74, 6) is 2.73. The fourth-order valence-electron chi connectivity index (χ4n) is 3.79. The first kappa shape index (κ1) is 18.3. The van der Waals surface area contributed by atoms with E-state index in [0.717, 1.165) is 49.9 Å². The lowest BCUT2D eigenvalue weighted by Crippen LogP contribution is -2.13. The molecule has 2 rings (SSSR count). The first-order chi connectivity index (χ1) is 11.3. The summed E-state index contributed by atoms with van der Waals surface area (Å²) in [5.41, 5.74) is 1.50. The first-order valence-corrected chi connectivity index (χ1v) is 9.67. The molecule has 0 aliphatic heterocycles. The van der Waals surface area contributed by atoms with Gasteiger partial charge in [-0.15, -0.1) is 0 Å². The van der Waals surface area contributed by atoms with E-state index < -0.39 is 0 Å². The van der Waals surface area contributed by atoms with Crippen molar-refractivity contribution in [3.05, 3.63) is 29.8 Å². The molecule has 0 amide bonds. The normalized spacial score (nSPS) is 21.3. The number of aliphatic hydroxyl groups is 1. The predicted octanol–water partition coefficient (Wildman–Crippen LogP) is 5.69. The number of ether oxygens (including phenoxy) is 1. The van der Waals surface area contributed by atoms with E-state index in [1.165, 1.54) is 44.1 Å². The topological polar surface area (TPSA) is 29.5 Å². The summed E-state index contributed by atoms with van der Waals surface area (Å²) in [4.78, 5) is 0. The zero-order valence-electron chi connectivity index (χ0n) is 14.8. The Morgan fingerprint density at radius 2 is 1.65 bits per heavy atom. The Balaban J connectivity index is 1.68. The molecule has 0 saturated heterocycles. The molecule has 130 valence electrons. The Kier molecular flexibility index (Phi) is 8.52. The van der Waals surface area contributed by atoms with Gasteiger partial charge in [0.05, 0.1) is 6.61 Å². The maximum Gasteiger partial charge on any atom is 0.119 e. The molecule has 0 unspecified atom stereocenters. The molecule has 1 aromatic rings. The largest absolute Gasteiger partial charge is 0.494 e. The second-order valence-corrected chi connectivity index (χ2v) is 7.06. The number of unbranched alkanes of at least 4 members (excludes halogenated alkanes) is 3. The van der Waals surface area contributed by atoms with Crippen LogP contribution in [0.2, 0.25) is 0 Å². The van der Waals surface area contributed by atoms with Crippen LogP contribution < -0.4 is 4.74 Å². The van der Waals surface area contributed by atoms with Crippen molar-refractivity contribution >= 4 is 0 Å². The van der Waals surface area contributed by atoms with Crippen LogP contribution in [0.3, 0.4) is 0 Å². The lowest BCUT2D eigenvalue weighted by atomic mass is 9.77. The zero-order chi connectivity index (χ0) is 16.3. The van der Waals surface area contributed by atoms with Crippen LogP contribution >= 0.6 is 0 Å². The number of hydrogen-bond acceptors (Lipinski definition) is 2. The molecule has 23 heavy (non-hydrogen) atoms. The molecule has 0 bridgehead atoms. The summed E-state index contributed by atoms with van der Waals surface area (Å²) in [6.07, 6.45) is 12.5. The predicted molar refractivity (Wildman–Crippen MR) is 97.1 cm³/mol. The van der Waals surface area contributed by atoms with Crippen LogP contribution in [0.15, 0.2) is 24.3 Å². The summed E-state index contributed by atoms with van der Waals surface area (Å²) in [5, 5.41) is 8.74. The molecule has 1 aliphatic carbocycles. The molecule has 0 spiro atoms. The second kappa shape index (κ2) is 10.7. The van der Waals surface area contributed by atoms with Gasteiger partial charge in [-0.25, -0.2) is 0 Å². The van der Waals surface area contributed by atoms with Crippen LogP contribution in [0, 0.1) is 5.92 Å². The van der Waals surface area contributed by atoms with Crippen molar-refractivity contribution in [3.8, 4) is 5.75 Å². The van der Waals surface area contributed by atoms with E-state index in [1.54, 1.807) is 0 Å². The van der Waals surface area contributed by atoms with Crippen LogP contribution in [0.25, 0.3) is 0 Å². The van der Waals surface area contributed by atoms with Gasteiger partial charge in [-0.1, -0.05) is 38.3 Å². The number of benzene rings is 1. The fourth-order valence-corrected chi connectivity index (χ4v) is 3.79. The highest BCUT2D eigenvalue weighted by atomic mass is 16.5. The number of aliphatic hydroxyl groups excluding tert-OH is 1. The van der Waals surface area contributed by atoms with Crippen molar-refractivity contribution < 1.29 is 9.84 Å². The van der Waals surface area contributed by atoms with Crippen molar-refractivity contribution in [1.29, 1.82) is 0 Å². The van der Waals surface area contributed by atoms with Crippen LogP contribution in [0.4, 0.5) is 0 Å². The molecular formula is C21H34O2. The minimum atomic E-state index is 0.308. The van der Waals surface area contributed by atoms with E-state index in [4.69, 9.17) is 9.84 Å². The summed E-state index contributed by atoms with van der Waals surface area (Å²) < 4.78 is 5.82. The third-order valence-corrected chi connectivity index (χ3v) is 5.22. The summed E-state index contributed by atoms with van der Waals surface area (Å²) in [6.45, 7) is 3.40. The van der Waals surface area contributed by atoms with E-state index in [-0.39, 0.29) is 0 Å². The highest BCUT2D eigenvalue weighted by Gasteiger charge is 2.21. The van der Waals surface area contributed by atoms with Gasteiger partial charge in [0.15, 0.2) is 0 Å². The summed E-state index contributed by atoms with van der Waals surface area (Å²) in [7, 11) is 0. The van der Waals surface area contributed by atoms with Crippen molar-refractivity contribution in [2.75, 3.05) is 13.2 Å². The molecule has 0 heterocycles. The fraction of sp³-hybridized carbons (Fsp3) is 0.714. The monoisotopic (exact) mass is 318 g/mol. The molecule has 0 radical (unpaired) electrons. The Morgan fingerprint density at radius 1 is 0.957 bits per heavy atom. The minimum Gasteiger partial charge on any atom is -0.494 e. The quantitative estimate of drug-likeness (QED) is 0.561. The van der Waals surface area contributed by atoms with Crippen LogP contribution in [0.5, 0.6) is 5.75 Å². The Bertz CT molecular complexity index is 404. The van der Waals surface area contributed by atoms with E-state index in [1.807, 2.05) is 0 Å². The number of rotatable bonds is 10. The van der Waals surface area contributed by atoms with Crippen molar-refractivity contribution in [2.24, 2.45) is 5.92 Å². The third-order valence-electron chi connectivity index (χ3n) is 5.22. The molecule has 0 atom stereocenters. The lowest BCUT2D eigenvalue weighted by Gasteiger charge is -2.28. The van der Waals surface area contributed by atoms with Gasteiger partial charge < -0.3 is 9.84 Å². The number of hydrogen-bond donors (Lipinski definition) is 1. The van der Waals surface area contributed by atoms with E-state index >= 15 is 0 Å². The molecule has 1 N–H and O–H groups in total. The first-order valence-electron chi connectivity index (χ1n) is 9.67. The average Bonchev–Trinajstić information content (AvgIpc) is 2.60. The van der Waals surface area contributed by atoms with Gasteiger partial charge in [0.2, 0.25) is 0 Å².